The van der Waals surface area contributed by atoms with E-state index in [4.69, 9.17) is 21.6 Å². The van der Waals surface area contributed by atoms with Crippen LogP contribution in [0.5, 0.6) is 0 Å². The molecule has 7 nitrogen and oxygen atoms in total. The molecule has 0 aliphatic rings. The number of anilines is 1. The van der Waals surface area contributed by atoms with E-state index in [9.17, 15) is 9.59 Å². The molecule has 0 saturated heterocycles. The van der Waals surface area contributed by atoms with Crippen molar-refractivity contribution in [3.8, 4) is 6.07 Å². The lowest BCUT2D eigenvalue weighted by atomic mass is 10.2. The molecule has 0 saturated carbocycles. The highest BCUT2D eigenvalue weighted by molar-refractivity contribution is 8.00. The maximum Gasteiger partial charge on any atom is 0.316 e. The van der Waals surface area contributed by atoms with Crippen LogP contribution in [0.3, 0.4) is 0 Å². The van der Waals surface area contributed by atoms with Crippen molar-refractivity contribution < 1.29 is 14.3 Å². The molecule has 0 aliphatic heterocycles. The molecule has 0 fully saturated rings. The Morgan fingerprint density at radius 1 is 1.33 bits per heavy atom. The first-order chi connectivity index (χ1) is 14.5. The van der Waals surface area contributed by atoms with Crippen LogP contribution in [-0.4, -0.2) is 40.7 Å². The molecular weight excluding hydrogens is 444 g/mol. The van der Waals surface area contributed by atoms with Crippen molar-refractivity contribution in [1.82, 2.24) is 9.97 Å². The summed E-state index contributed by atoms with van der Waals surface area (Å²) < 4.78 is 5.15. The van der Waals surface area contributed by atoms with Gasteiger partial charge in [-0.05, 0) is 42.1 Å². The Morgan fingerprint density at radius 2 is 2.17 bits per heavy atom. The van der Waals surface area contributed by atoms with E-state index in [-0.39, 0.29) is 18.7 Å². The molecule has 3 rings (SSSR count). The predicted octanol–water partition coefficient (Wildman–Crippen LogP) is 4.24. The summed E-state index contributed by atoms with van der Waals surface area (Å²) in [6.07, 6.45) is 1.61. The fraction of sp³-hybridized carbons (Fsp3) is 0.250. The van der Waals surface area contributed by atoms with Crippen molar-refractivity contribution in [2.24, 2.45) is 0 Å². The van der Waals surface area contributed by atoms with Crippen LogP contribution in [0, 0.1) is 18.3 Å². The van der Waals surface area contributed by atoms with Gasteiger partial charge >= 0.3 is 5.97 Å². The van der Waals surface area contributed by atoms with Gasteiger partial charge in [0.1, 0.15) is 16.2 Å². The number of thiophene rings is 1. The van der Waals surface area contributed by atoms with Crippen molar-refractivity contribution in [1.29, 1.82) is 5.26 Å². The van der Waals surface area contributed by atoms with Crippen LogP contribution >= 0.6 is 34.7 Å². The maximum atomic E-state index is 12.6. The average molecular weight is 461 g/mol. The second-order valence-corrected chi connectivity index (χ2v) is 8.42. The third kappa shape index (κ3) is 5.48. The molecule has 0 bridgehead atoms. The highest BCUT2D eigenvalue weighted by atomic mass is 35.5. The van der Waals surface area contributed by atoms with Crippen molar-refractivity contribution in [2.45, 2.75) is 18.4 Å². The molecule has 0 aliphatic carbocycles. The first-order valence-corrected chi connectivity index (χ1v) is 11.1. The molecule has 0 N–H and O–H groups in total. The Hall–Kier alpha value is -2.67. The molecule has 0 spiro atoms. The Morgan fingerprint density at radius 3 is 2.93 bits per heavy atom. The number of hydrogen-bond acceptors (Lipinski definition) is 8. The summed E-state index contributed by atoms with van der Waals surface area (Å²) in [6, 6.07) is 9.07. The van der Waals surface area contributed by atoms with Gasteiger partial charge in [-0.1, -0.05) is 23.4 Å². The van der Waals surface area contributed by atoms with Crippen LogP contribution in [0.15, 0.2) is 41.0 Å². The SMILES string of the molecule is Cc1cc(N(CCC#N)C(=O)COC(=O)CSc2ncnc3sccc23)ccc1Cl. The monoisotopic (exact) mass is 460 g/mol. The quantitative estimate of drug-likeness (QED) is 0.282. The third-order valence-corrected chi connectivity index (χ3v) is 6.33. The molecule has 2 aromatic heterocycles. The van der Waals surface area contributed by atoms with E-state index in [1.807, 2.05) is 24.4 Å². The zero-order valence-electron chi connectivity index (χ0n) is 16.0. The smallest absolute Gasteiger partial charge is 0.316 e. The normalized spacial score (nSPS) is 10.6. The predicted molar refractivity (Wildman–Crippen MR) is 118 cm³/mol. The van der Waals surface area contributed by atoms with Crippen LogP contribution in [0.2, 0.25) is 5.02 Å². The first kappa shape index (κ1) is 22.0. The number of fused-ring (bicyclic) bond motifs is 1. The van der Waals surface area contributed by atoms with Gasteiger partial charge in [0.05, 0.1) is 18.2 Å². The van der Waals surface area contributed by atoms with E-state index in [0.29, 0.717) is 15.7 Å². The molecule has 2 heterocycles. The summed E-state index contributed by atoms with van der Waals surface area (Å²) in [7, 11) is 0. The van der Waals surface area contributed by atoms with E-state index < -0.39 is 18.5 Å². The van der Waals surface area contributed by atoms with Crippen LogP contribution < -0.4 is 4.90 Å². The average Bonchev–Trinajstić information content (AvgIpc) is 3.23. The van der Waals surface area contributed by atoms with Crippen LogP contribution in [0.4, 0.5) is 5.69 Å². The zero-order valence-corrected chi connectivity index (χ0v) is 18.4. The third-order valence-electron chi connectivity index (χ3n) is 4.11. The summed E-state index contributed by atoms with van der Waals surface area (Å²) >= 11 is 8.78. The number of carbonyl (C=O) groups excluding carboxylic acids is 2. The van der Waals surface area contributed by atoms with Gasteiger partial charge in [-0.15, -0.1) is 11.3 Å². The number of rotatable bonds is 8. The minimum atomic E-state index is -0.525. The number of halogens is 1. The summed E-state index contributed by atoms with van der Waals surface area (Å²) in [5.41, 5.74) is 1.41. The Kier molecular flexibility index (Phi) is 7.63. The minimum absolute atomic E-state index is 0.0213. The first-order valence-electron chi connectivity index (χ1n) is 8.89. The molecule has 1 amide bonds. The number of amides is 1. The number of aromatic nitrogens is 2. The second-order valence-electron chi connectivity index (χ2n) is 6.15. The molecule has 30 heavy (non-hydrogen) atoms. The Bertz CT molecular complexity index is 1110. The van der Waals surface area contributed by atoms with E-state index >= 15 is 0 Å². The molecule has 154 valence electrons. The molecule has 0 radical (unpaired) electrons. The van der Waals surface area contributed by atoms with Crippen LogP contribution in [0.25, 0.3) is 10.2 Å². The fourth-order valence-electron chi connectivity index (χ4n) is 2.63. The van der Waals surface area contributed by atoms with Gasteiger partial charge in [0.2, 0.25) is 0 Å². The second kappa shape index (κ2) is 10.4. The van der Waals surface area contributed by atoms with Gasteiger partial charge in [0.15, 0.2) is 6.61 Å². The highest BCUT2D eigenvalue weighted by Crippen LogP contribution is 2.27. The van der Waals surface area contributed by atoms with Crippen LogP contribution in [0.1, 0.15) is 12.0 Å². The largest absolute Gasteiger partial charge is 0.455 e. The van der Waals surface area contributed by atoms with Crippen molar-refractivity contribution in [2.75, 3.05) is 23.8 Å². The lowest BCUT2D eigenvalue weighted by Gasteiger charge is -2.22. The molecule has 1 aromatic carbocycles. The lowest BCUT2D eigenvalue weighted by molar-refractivity contribution is -0.145. The Balaban J connectivity index is 1.58. The van der Waals surface area contributed by atoms with Gasteiger partial charge in [-0.25, -0.2) is 9.97 Å². The minimum Gasteiger partial charge on any atom is -0.455 e. The van der Waals surface area contributed by atoms with Gasteiger partial charge in [-0.2, -0.15) is 5.26 Å². The standard InChI is InChI=1S/C20H17ClN4O3S2/c1-13-9-14(3-4-16(13)21)25(7-2-6-22)17(26)10-28-18(27)11-30-20-15-5-8-29-19(15)23-12-24-20/h3-5,8-9,12H,2,7,10-11H2,1H3. The maximum absolute atomic E-state index is 12.6. The summed E-state index contributed by atoms with van der Waals surface area (Å²) in [5, 5.41) is 13.0. The fourth-order valence-corrected chi connectivity index (χ4v) is 4.32. The molecule has 0 unspecified atom stereocenters. The number of thioether (sulfide) groups is 1. The zero-order chi connectivity index (χ0) is 21.5. The number of benzene rings is 1. The lowest BCUT2D eigenvalue weighted by Crippen LogP contribution is -2.35. The number of esters is 1. The van der Waals surface area contributed by atoms with Crippen molar-refractivity contribution >= 4 is 62.5 Å². The number of nitrogens with zero attached hydrogens (tertiary/aromatic N) is 4. The molecule has 10 heteroatoms. The number of ether oxygens (including phenoxy) is 1. The van der Waals surface area contributed by atoms with Crippen LogP contribution in [-0.2, 0) is 14.3 Å². The summed E-state index contributed by atoms with van der Waals surface area (Å²) in [4.78, 5) is 35.4. The van der Waals surface area contributed by atoms with Crippen molar-refractivity contribution in [3.63, 3.8) is 0 Å². The number of nitriles is 1. The Labute approximate surface area is 186 Å². The molecule has 3 aromatic rings. The molecular formula is C20H17ClN4O3S2. The van der Waals surface area contributed by atoms with Gasteiger partial charge < -0.3 is 9.64 Å². The van der Waals surface area contributed by atoms with Gasteiger partial charge in [0.25, 0.3) is 5.91 Å². The van der Waals surface area contributed by atoms with E-state index in [1.165, 1.54) is 34.3 Å². The van der Waals surface area contributed by atoms with E-state index in [0.717, 1.165) is 15.8 Å². The van der Waals surface area contributed by atoms with Gasteiger partial charge in [0, 0.05) is 22.6 Å². The molecule has 0 atom stereocenters. The number of aryl methyl sites for hydroxylation is 1. The summed E-state index contributed by atoms with van der Waals surface area (Å²) in [6.45, 7) is 1.61. The number of carbonyl (C=O) groups is 2. The van der Waals surface area contributed by atoms with Crippen molar-refractivity contribution in [3.05, 3.63) is 46.6 Å². The van der Waals surface area contributed by atoms with E-state index in [2.05, 4.69) is 9.97 Å². The van der Waals surface area contributed by atoms with E-state index in [1.54, 1.807) is 18.2 Å². The highest BCUT2D eigenvalue weighted by Gasteiger charge is 2.18. The topological polar surface area (TPSA) is 96.2 Å². The summed E-state index contributed by atoms with van der Waals surface area (Å²) in [5.74, 6) is -0.913. The van der Waals surface area contributed by atoms with Gasteiger partial charge in [-0.3, -0.25) is 9.59 Å². The number of hydrogen-bond donors (Lipinski definition) is 0.